The van der Waals surface area contributed by atoms with Gasteiger partial charge in [0.2, 0.25) is 5.88 Å². The maximum Gasteiger partial charge on any atom is 0.250 e. The molecule has 3 saturated heterocycles. The monoisotopic (exact) mass is 365 g/mol. The lowest BCUT2D eigenvalue weighted by atomic mass is 9.77. The SMILES string of the molecule is Clc1ccc(C#CCOc2nsnc2C2CN3CCC2CC3)s1. The highest BCUT2D eigenvalue weighted by Crippen LogP contribution is 2.41. The van der Waals surface area contributed by atoms with Crippen LogP contribution in [0.15, 0.2) is 12.1 Å². The molecule has 7 heteroatoms. The van der Waals surface area contributed by atoms with Gasteiger partial charge in [-0.3, -0.25) is 0 Å². The Balaban J connectivity index is 1.41. The van der Waals surface area contributed by atoms with E-state index in [2.05, 4.69) is 25.5 Å². The van der Waals surface area contributed by atoms with Crippen LogP contribution >= 0.6 is 34.7 Å². The quantitative estimate of drug-likeness (QED) is 0.780. The first kappa shape index (κ1) is 15.4. The van der Waals surface area contributed by atoms with Crippen molar-refractivity contribution >= 4 is 34.7 Å². The van der Waals surface area contributed by atoms with E-state index in [-0.39, 0.29) is 0 Å². The van der Waals surface area contributed by atoms with E-state index in [1.807, 2.05) is 12.1 Å². The topological polar surface area (TPSA) is 38.3 Å². The number of thiophene rings is 1. The molecule has 0 aromatic carbocycles. The second-order valence-electron chi connectivity index (χ2n) is 5.89. The molecule has 0 aliphatic carbocycles. The zero-order valence-electron chi connectivity index (χ0n) is 12.5. The molecule has 120 valence electrons. The zero-order chi connectivity index (χ0) is 15.6. The maximum atomic E-state index is 5.89. The van der Waals surface area contributed by atoms with E-state index in [0.717, 1.165) is 27.4 Å². The van der Waals surface area contributed by atoms with E-state index < -0.39 is 0 Å². The van der Waals surface area contributed by atoms with Gasteiger partial charge in [0.05, 0.1) is 20.9 Å². The molecule has 2 aromatic heterocycles. The zero-order valence-corrected chi connectivity index (χ0v) is 14.9. The van der Waals surface area contributed by atoms with E-state index in [9.17, 15) is 0 Å². The van der Waals surface area contributed by atoms with Crippen molar-refractivity contribution in [3.8, 4) is 17.7 Å². The summed E-state index contributed by atoms with van der Waals surface area (Å²) in [4.78, 5) is 3.47. The highest BCUT2D eigenvalue weighted by Gasteiger charge is 2.38. The first-order chi connectivity index (χ1) is 11.3. The van der Waals surface area contributed by atoms with Gasteiger partial charge in [-0.2, -0.15) is 4.37 Å². The fourth-order valence-electron chi connectivity index (χ4n) is 3.40. The van der Waals surface area contributed by atoms with Crippen LogP contribution < -0.4 is 4.74 Å². The Morgan fingerprint density at radius 3 is 2.87 bits per heavy atom. The van der Waals surface area contributed by atoms with Crippen molar-refractivity contribution in [3.05, 3.63) is 27.0 Å². The van der Waals surface area contributed by atoms with Gasteiger partial charge >= 0.3 is 0 Å². The van der Waals surface area contributed by atoms with Crippen LogP contribution in [-0.4, -0.2) is 39.9 Å². The van der Waals surface area contributed by atoms with Gasteiger partial charge in [0.1, 0.15) is 5.69 Å². The first-order valence-electron chi connectivity index (χ1n) is 7.71. The van der Waals surface area contributed by atoms with Crippen molar-refractivity contribution in [2.45, 2.75) is 18.8 Å². The van der Waals surface area contributed by atoms with E-state index in [0.29, 0.717) is 18.4 Å². The molecule has 1 atom stereocenters. The Hall–Kier alpha value is -1.13. The number of aromatic nitrogens is 2. The number of rotatable bonds is 3. The molecule has 3 aliphatic rings. The number of hydrogen-bond acceptors (Lipinski definition) is 6. The molecule has 4 nitrogen and oxygen atoms in total. The van der Waals surface area contributed by atoms with Crippen LogP contribution in [0.1, 0.15) is 29.3 Å². The third-order valence-electron chi connectivity index (χ3n) is 4.56. The molecule has 23 heavy (non-hydrogen) atoms. The Kier molecular flexibility index (Phi) is 4.54. The molecule has 0 radical (unpaired) electrons. The molecule has 0 N–H and O–H groups in total. The summed E-state index contributed by atoms with van der Waals surface area (Å²) in [6.07, 6.45) is 2.53. The van der Waals surface area contributed by atoms with Gasteiger partial charge in [-0.1, -0.05) is 23.4 Å². The molecular formula is C16H16ClN3OS2. The van der Waals surface area contributed by atoms with Crippen LogP contribution in [0.4, 0.5) is 0 Å². The number of halogens is 1. The van der Waals surface area contributed by atoms with Crippen LogP contribution in [0.2, 0.25) is 4.34 Å². The number of ether oxygens (including phenoxy) is 1. The van der Waals surface area contributed by atoms with E-state index in [1.54, 1.807) is 0 Å². The van der Waals surface area contributed by atoms with Crippen molar-refractivity contribution in [1.29, 1.82) is 0 Å². The van der Waals surface area contributed by atoms with Crippen LogP contribution in [0.5, 0.6) is 5.88 Å². The summed E-state index contributed by atoms with van der Waals surface area (Å²) in [6, 6.07) is 3.77. The molecule has 2 aromatic rings. The van der Waals surface area contributed by atoms with E-state index in [1.165, 1.54) is 49.0 Å². The molecular weight excluding hydrogens is 350 g/mol. The minimum atomic E-state index is 0.328. The number of hydrogen-bond donors (Lipinski definition) is 0. The third-order valence-corrected chi connectivity index (χ3v) is 6.23. The van der Waals surface area contributed by atoms with Crippen molar-refractivity contribution < 1.29 is 4.74 Å². The Labute approximate surface area is 148 Å². The largest absolute Gasteiger partial charge is 0.463 e. The van der Waals surface area contributed by atoms with Crippen molar-refractivity contribution in [3.63, 3.8) is 0 Å². The number of nitrogens with zero attached hydrogens (tertiary/aromatic N) is 3. The van der Waals surface area contributed by atoms with Crippen LogP contribution in [0.3, 0.4) is 0 Å². The fraction of sp³-hybridized carbons (Fsp3) is 0.500. The lowest BCUT2D eigenvalue weighted by Gasteiger charge is -2.44. The molecule has 3 fully saturated rings. The Morgan fingerprint density at radius 1 is 1.30 bits per heavy atom. The van der Waals surface area contributed by atoms with Gasteiger partial charge < -0.3 is 9.64 Å². The summed E-state index contributed by atoms with van der Waals surface area (Å²) in [6.45, 7) is 3.87. The first-order valence-corrected chi connectivity index (χ1v) is 9.64. The Morgan fingerprint density at radius 2 is 2.17 bits per heavy atom. The van der Waals surface area contributed by atoms with Crippen molar-refractivity contribution in [1.82, 2.24) is 13.6 Å². The average Bonchev–Trinajstić information content (AvgIpc) is 3.21. The van der Waals surface area contributed by atoms with Gasteiger partial charge in [0.25, 0.3) is 0 Å². The lowest BCUT2D eigenvalue weighted by Crippen LogP contribution is -2.46. The standard InChI is InChI=1S/C16H16ClN3OS2/c17-14-4-3-12(22-14)2-1-9-21-16-15(18-23-19-16)13-10-20-7-5-11(13)6-8-20/h3-4,11,13H,5-10H2. The van der Waals surface area contributed by atoms with Gasteiger partial charge in [0.15, 0.2) is 6.61 Å². The van der Waals surface area contributed by atoms with Gasteiger partial charge in [-0.05, 0) is 44.0 Å². The highest BCUT2D eigenvalue weighted by atomic mass is 35.5. The third kappa shape index (κ3) is 3.38. The van der Waals surface area contributed by atoms with Crippen LogP contribution in [0.25, 0.3) is 0 Å². The van der Waals surface area contributed by atoms with Crippen molar-refractivity contribution in [2.24, 2.45) is 5.92 Å². The van der Waals surface area contributed by atoms with Crippen molar-refractivity contribution in [2.75, 3.05) is 26.2 Å². The molecule has 0 amide bonds. The smallest absolute Gasteiger partial charge is 0.250 e. The maximum absolute atomic E-state index is 5.89. The van der Waals surface area contributed by atoms with E-state index >= 15 is 0 Å². The fourth-order valence-corrected chi connectivity index (χ4v) is 4.88. The van der Waals surface area contributed by atoms with Gasteiger partial charge in [0, 0.05) is 12.5 Å². The summed E-state index contributed by atoms with van der Waals surface area (Å²) in [7, 11) is 0. The second kappa shape index (κ2) is 6.78. The number of fused-ring (bicyclic) bond motifs is 3. The molecule has 5 heterocycles. The van der Waals surface area contributed by atoms with Gasteiger partial charge in [-0.25, -0.2) is 0 Å². The molecule has 5 rings (SSSR count). The molecule has 3 aliphatic heterocycles. The van der Waals surface area contributed by atoms with E-state index in [4.69, 9.17) is 16.3 Å². The average molecular weight is 366 g/mol. The van der Waals surface area contributed by atoms with Crippen LogP contribution in [-0.2, 0) is 0 Å². The predicted molar refractivity (Wildman–Crippen MR) is 93.5 cm³/mol. The molecule has 1 unspecified atom stereocenters. The minimum Gasteiger partial charge on any atom is -0.463 e. The molecule has 0 saturated carbocycles. The number of piperidine rings is 3. The van der Waals surface area contributed by atoms with Gasteiger partial charge in [-0.15, -0.1) is 15.7 Å². The minimum absolute atomic E-state index is 0.328. The highest BCUT2D eigenvalue weighted by molar-refractivity contribution is 7.16. The summed E-state index contributed by atoms with van der Waals surface area (Å²) in [5.74, 6) is 7.95. The normalized spacial score (nSPS) is 25.9. The summed E-state index contributed by atoms with van der Waals surface area (Å²) >= 11 is 8.60. The molecule has 0 spiro atoms. The summed E-state index contributed by atoms with van der Waals surface area (Å²) in [5.41, 5.74) is 1.03. The molecule has 2 bridgehead atoms. The lowest BCUT2D eigenvalue weighted by molar-refractivity contribution is 0.0843. The second-order valence-corrected chi connectivity index (χ2v) is 8.14. The Bertz CT molecular complexity index is 740. The summed E-state index contributed by atoms with van der Waals surface area (Å²) < 4.78 is 15.4. The van der Waals surface area contributed by atoms with Crippen LogP contribution in [0, 0.1) is 17.8 Å². The predicted octanol–water partition coefficient (Wildman–Crippen LogP) is 3.49. The summed E-state index contributed by atoms with van der Waals surface area (Å²) in [5, 5.41) is 0.